The fourth-order valence-corrected chi connectivity index (χ4v) is 5.54. The molecule has 0 saturated carbocycles. The Kier molecular flexibility index (Phi) is 5.46. The van der Waals surface area contributed by atoms with Gasteiger partial charge in [-0.15, -0.1) is 0 Å². The minimum absolute atomic E-state index is 0.0329. The van der Waals surface area contributed by atoms with Gasteiger partial charge in [-0.3, -0.25) is 0 Å². The number of aliphatic imine (C=N–C) groups is 2. The minimum atomic E-state index is 0.0329. The molecule has 3 aliphatic rings. The summed E-state index contributed by atoms with van der Waals surface area (Å²) in [4.78, 5) is 19.5. The molecule has 7 heteroatoms. The Morgan fingerprint density at radius 3 is 2.17 bits per heavy atom. The number of nitrogens with zero attached hydrogens (tertiary/aromatic N) is 4. The van der Waals surface area contributed by atoms with E-state index in [4.69, 9.17) is 29.4 Å². The topological polar surface area (TPSA) is 81.0 Å². The van der Waals surface area contributed by atoms with E-state index in [1.54, 1.807) is 14.2 Å². The van der Waals surface area contributed by atoms with Gasteiger partial charge in [0, 0.05) is 25.3 Å². The van der Waals surface area contributed by atoms with E-state index in [1.165, 1.54) is 22.3 Å². The number of aromatic nitrogens is 2. The van der Waals surface area contributed by atoms with Gasteiger partial charge in [0.05, 0.1) is 23.6 Å². The highest BCUT2D eigenvalue weighted by molar-refractivity contribution is 6.26. The molecule has 0 spiro atoms. The smallest absolute Gasteiger partial charge is 0.164 e. The molecule has 1 aliphatic heterocycles. The Labute approximate surface area is 205 Å². The van der Waals surface area contributed by atoms with E-state index in [0.717, 1.165) is 59.9 Å². The van der Waals surface area contributed by atoms with Gasteiger partial charge < -0.3 is 14.8 Å². The molecule has 35 heavy (non-hydrogen) atoms. The van der Waals surface area contributed by atoms with Crippen LogP contribution in [-0.2, 0) is 22.3 Å². The predicted octanol–water partition coefficient (Wildman–Crippen LogP) is 5.31. The SMILES string of the molecule is CO[C@@H]1CCc2c(C)cc(N=C3N=C(Nc4cc(C)c5c(n4)[C@H](OC)CC5)c4ccccc43)nc21. The number of hydrogen-bond donors (Lipinski definition) is 1. The van der Waals surface area contributed by atoms with Crippen LogP contribution in [0.15, 0.2) is 46.4 Å². The van der Waals surface area contributed by atoms with Gasteiger partial charge in [-0.25, -0.2) is 20.0 Å². The number of amidine groups is 2. The number of rotatable bonds is 4. The molecular formula is C28H29N5O2. The third-order valence-corrected chi connectivity index (χ3v) is 7.34. The van der Waals surface area contributed by atoms with Crippen LogP contribution in [-0.4, -0.2) is 35.9 Å². The van der Waals surface area contributed by atoms with Gasteiger partial charge in [-0.1, -0.05) is 24.3 Å². The molecule has 0 unspecified atom stereocenters. The molecule has 178 valence electrons. The molecule has 2 aromatic heterocycles. The van der Waals surface area contributed by atoms with Crippen LogP contribution in [0.2, 0.25) is 0 Å². The van der Waals surface area contributed by atoms with Crippen molar-refractivity contribution < 1.29 is 9.47 Å². The Morgan fingerprint density at radius 1 is 0.857 bits per heavy atom. The minimum Gasteiger partial charge on any atom is -0.375 e. The van der Waals surface area contributed by atoms with Crippen molar-refractivity contribution >= 4 is 23.3 Å². The van der Waals surface area contributed by atoms with Crippen LogP contribution in [0, 0.1) is 13.8 Å². The molecule has 6 rings (SSSR count). The van der Waals surface area contributed by atoms with Crippen LogP contribution in [0.1, 0.15) is 69.8 Å². The quantitative estimate of drug-likeness (QED) is 0.562. The van der Waals surface area contributed by atoms with Gasteiger partial charge in [0.2, 0.25) is 0 Å². The molecule has 1 N–H and O–H groups in total. The maximum Gasteiger partial charge on any atom is 0.164 e. The number of fused-ring (bicyclic) bond motifs is 3. The molecule has 0 amide bonds. The highest BCUT2D eigenvalue weighted by Gasteiger charge is 2.29. The zero-order valence-electron chi connectivity index (χ0n) is 20.6. The van der Waals surface area contributed by atoms with Gasteiger partial charge in [0.25, 0.3) is 0 Å². The molecule has 1 aromatic carbocycles. The number of hydrogen-bond acceptors (Lipinski definition) is 6. The number of benzene rings is 1. The molecule has 3 heterocycles. The standard InChI is InChI=1S/C28H29N5O2/c1-15-13-23(29-25-17(15)9-11-21(25)34-3)31-27-19-7-5-6-8-20(19)28(33-27)32-24-14-16(2)18-10-12-22(35-4)26(18)30-24/h5-8,13-14,21-22H,9-12H2,1-4H3,(H,29,30,31,32,33)/t21-,22-/m1/s1. The van der Waals surface area contributed by atoms with E-state index in [9.17, 15) is 0 Å². The van der Waals surface area contributed by atoms with Gasteiger partial charge in [0.15, 0.2) is 11.7 Å². The lowest BCUT2D eigenvalue weighted by atomic mass is 10.1. The summed E-state index contributed by atoms with van der Waals surface area (Å²) in [5.74, 6) is 2.82. The predicted molar refractivity (Wildman–Crippen MR) is 137 cm³/mol. The lowest BCUT2D eigenvalue weighted by Gasteiger charge is -2.13. The maximum absolute atomic E-state index is 5.66. The largest absolute Gasteiger partial charge is 0.375 e. The second kappa shape index (κ2) is 8.66. The van der Waals surface area contributed by atoms with Crippen LogP contribution >= 0.6 is 0 Å². The second-order valence-electron chi connectivity index (χ2n) is 9.44. The molecule has 3 aromatic rings. The van der Waals surface area contributed by atoms with Crippen molar-refractivity contribution in [2.75, 3.05) is 19.5 Å². The van der Waals surface area contributed by atoms with Crippen molar-refractivity contribution in [3.8, 4) is 0 Å². The number of methoxy groups -OCH3 is 2. The van der Waals surface area contributed by atoms with Crippen molar-refractivity contribution in [2.45, 2.75) is 51.7 Å². The van der Waals surface area contributed by atoms with Gasteiger partial charge in [-0.05, 0) is 73.9 Å². The summed E-state index contributed by atoms with van der Waals surface area (Å²) in [5, 5.41) is 3.46. The van der Waals surface area contributed by atoms with E-state index in [2.05, 4.69) is 31.3 Å². The van der Waals surface area contributed by atoms with E-state index in [-0.39, 0.29) is 12.2 Å². The summed E-state index contributed by atoms with van der Waals surface area (Å²) >= 11 is 0. The summed E-state index contributed by atoms with van der Waals surface area (Å²) in [5.41, 5.74) is 9.02. The Bertz CT molecular complexity index is 1390. The van der Waals surface area contributed by atoms with Crippen LogP contribution in [0.4, 0.5) is 11.6 Å². The normalized spacial score (nSPS) is 21.1. The summed E-state index contributed by atoms with van der Waals surface area (Å²) in [6.45, 7) is 4.26. The van der Waals surface area contributed by atoms with E-state index in [0.29, 0.717) is 11.7 Å². The number of anilines is 1. The molecule has 0 radical (unpaired) electrons. The number of aryl methyl sites for hydroxylation is 2. The number of nitrogens with one attached hydrogen (secondary N) is 1. The Balaban J connectivity index is 1.38. The first-order chi connectivity index (χ1) is 17.1. The molecular weight excluding hydrogens is 438 g/mol. The fraction of sp³-hybridized carbons (Fsp3) is 0.357. The van der Waals surface area contributed by atoms with Crippen molar-refractivity contribution in [3.05, 3.63) is 81.2 Å². The van der Waals surface area contributed by atoms with Crippen LogP contribution < -0.4 is 5.32 Å². The summed E-state index contributed by atoms with van der Waals surface area (Å²) in [6.07, 6.45) is 4.02. The van der Waals surface area contributed by atoms with Gasteiger partial charge in [-0.2, -0.15) is 0 Å². The Morgan fingerprint density at radius 2 is 1.49 bits per heavy atom. The first kappa shape index (κ1) is 22.1. The zero-order valence-corrected chi connectivity index (χ0v) is 20.6. The number of ether oxygens (including phenoxy) is 2. The van der Waals surface area contributed by atoms with Crippen molar-refractivity contribution in [2.24, 2.45) is 9.98 Å². The van der Waals surface area contributed by atoms with Gasteiger partial charge >= 0.3 is 0 Å². The average Bonchev–Trinajstić information content (AvgIpc) is 3.55. The molecule has 0 fully saturated rings. The van der Waals surface area contributed by atoms with Crippen molar-refractivity contribution in [1.82, 2.24) is 9.97 Å². The lowest BCUT2D eigenvalue weighted by Crippen LogP contribution is -2.14. The average molecular weight is 468 g/mol. The van der Waals surface area contributed by atoms with E-state index < -0.39 is 0 Å². The highest BCUT2D eigenvalue weighted by Crippen LogP contribution is 2.37. The summed E-state index contributed by atoms with van der Waals surface area (Å²) < 4.78 is 11.3. The monoisotopic (exact) mass is 467 g/mol. The molecule has 0 bridgehead atoms. The van der Waals surface area contributed by atoms with Crippen LogP contribution in [0.3, 0.4) is 0 Å². The second-order valence-corrected chi connectivity index (χ2v) is 9.44. The third kappa shape index (κ3) is 3.75. The first-order valence-corrected chi connectivity index (χ1v) is 12.2. The summed E-state index contributed by atoms with van der Waals surface area (Å²) in [7, 11) is 3.49. The zero-order chi connectivity index (χ0) is 24.1. The van der Waals surface area contributed by atoms with Crippen LogP contribution in [0.5, 0.6) is 0 Å². The fourth-order valence-electron chi connectivity index (χ4n) is 5.54. The molecule has 0 saturated heterocycles. The molecule has 2 aliphatic carbocycles. The van der Waals surface area contributed by atoms with Gasteiger partial charge in [0.1, 0.15) is 11.7 Å². The van der Waals surface area contributed by atoms with E-state index in [1.807, 2.05) is 24.3 Å². The molecule has 7 nitrogen and oxygen atoms in total. The highest BCUT2D eigenvalue weighted by atomic mass is 16.5. The number of pyridine rings is 2. The summed E-state index contributed by atoms with van der Waals surface area (Å²) in [6, 6.07) is 12.3. The lowest BCUT2D eigenvalue weighted by molar-refractivity contribution is 0.102. The van der Waals surface area contributed by atoms with E-state index >= 15 is 0 Å². The van der Waals surface area contributed by atoms with Crippen molar-refractivity contribution in [3.63, 3.8) is 0 Å². The molecule has 2 atom stereocenters. The first-order valence-electron chi connectivity index (χ1n) is 12.2. The van der Waals surface area contributed by atoms with Crippen molar-refractivity contribution in [1.29, 1.82) is 0 Å². The maximum atomic E-state index is 5.66. The third-order valence-electron chi connectivity index (χ3n) is 7.34. The van der Waals surface area contributed by atoms with Crippen LogP contribution in [0.25, 0.3) is 0 Å². The Hall–Kier alpha value is -3.42.